The van der Waals surface area contributed by atoms with Crippen molar-refractivity contribution in [2.24, 2.45) is 0 Å². The fourth-order valence-electron chi connectivity index (χ4n) is 2.70. The van der Waals surface area contributed by atoms with Gasteiger partial charge in [-0.2, -0.15) is 0 Å². The predicted molar refractivity (Wildman–Crippen MR) is 111 cm³/mol. The van der Waals surface area contributed by atoms with Crippen LogP contribution >= 0.6 is 11.8 Å². The highest BCUT2D eigenvalue weighted by molar-refractivity contribution is 7.99. The molecule has 0 bridgehead atoms. The molecule has 0 radical (unpaired) electrons. The second-order valence-electron chi connectivity index (χ2n) is 6.23. The van der Waals surface area contributed by atoms with E-state index in [9.17, 15) is 9.90 Å². The molecule has 1 aromatic heterocycles. The summed E-state index contributed by atoms with van der Waals surface area (Å²) in [6.45, 7) is 0.461. The molecule has 1 N–H and O–H groups in total. The Morgan fingerprint density at radius 1 is 1.18 bits per heavy atom. The summed E-state index contributed by atoms with van der Waals surface area (Å²) in [7, 11) is 3.40. The summed E-state index contributed by atoms with van der Waals surface area (Å²) < 4.78 is 7.14. The van der Waals surface area contributed by atoms with Crippen molar-refractivity contribution in [2.75, 3.05) is 24.8 Å². The Morgan fingerprint density at radius 3 is 2.54 bits per heavy atom. The molecule has 0 spiro atoms. The number of para-hydroxylation sites is 1. The molecule has 0 atom stereocenters. The number of aliphatic hydroxyl groups excluding tert-OH is 1. The topological polar surface area (TPSA) is 67.6 Å². The maximum atomic E-state index is 12.5. The van der Waals surface area contributed by atoms with Crippen molar-refractivity contribution in [3.05, 3.63) is 72.1 Å². The van der Waals surface area contributed by atoms with Crippen molar-refractivity contribution < 1.29 is 14.6 Å². The van der Waals surface area contributed by atoms with E-state index in [0.717, 1.165) is 17.0 Å². The van der Waals surface area contributed by atoms with Crippen molar-refractivity contribution in [1.29, 1.82) is 0 Å². The number of aromatic nitrogens is 2. The molecule has 28 heavy (non-hydrogen) atoms. The number of carbonyl (C=O) groups is 1. The highest BCUT2D eigenvalue weighted by Gasteiger charge is 2.15. The minimum absolute atomic E-state index is 0.0132. The van der Waals surface area contributed by atoms with Crippen molar-refractivity contribution in [3.63, 3.8) is 0 Å². The first-order chi connectivity index (χ1) is 13.6. The van der Waals surface area contributed by atoms with Crippen molar-refractivity contribution >= 4 is 23.4 Å². The van der Waals surface area contributed by atoms with Gasteiger partial charge >= 0.3 is 0 Å². The lowest BCUT2D eigenvalue weighted by molar-refractivity contribution is -0.115. The van der Waals surface area contributed by atoms with E-state index in [1.165, 1.54) is 11.8 Å². The number of hydrogen-bond acceptors (Lipinski definition) is 5. The van der Waals surface area contributed by atoms with Gasteiger partial charge in [-0.05, 0) is 29.8 Å². The van der Waals surface area contributed by atoms with E-state index < -0.39 is 0 Å². The molecule has 7 heteroatoms. The average Bonchev–Trinajstić information content (AvgIpc) is 3.14. The third-order valence-electron chi connectivity index (χ3n) is 4.31. The molecule has 1 amide bonds. The van der Waals surface area contributed by atoms with Crippen LogP contribution in [0.1, 0.15) is 11.3 Å². The number of imidazole rings is 1. The van der Waals surface area contributed by atoms with Gasteiger partial charge in [-0.1, -0.05) is 42.1 Å². The fraction of sp³-hybridized carbons (Fsp3) is 0.238. The predicted octanol–water partition coefficient (Wildman–Crippen LogP) is 3.19. The van der Waals surface area contributed by atoms with E-state index in [2.05, 4.69) is 4.98 Å². The molecular weight excluding hydrogens is 374 g/mol. The molecule has 0 aliphatic heterocycles. The Morgan fingerprint density at radius 2 is 1.89 bits per heavy atom. The van der Waals surface area contributed by atoms with Gasteiger partial charge in [-0.25, -0.2) is 4.98 Å². The lowest BCUT2D eigenvalue weighted by Gasteiger charge is -2.17. The molecule has 3 aromatic rings. The van der Waals surface area contributed by atoms with E-state index in [1.54, 1.807) is 19.1 Å². The van der Waals surface area contributed by atoms with Gasteiger partial charge in [0.2, 0.25) is 5.91 Å². The number of aliphatic hydroxyl groups is 1. The monoisotopic (exact) mass is 397 g/mol. The van der Waals surface area contributed by atoms with Crippen molar-refractivity contribution in [2.45, 2.75) is 18.3 Å². The van der Waals surface area contributed by atoms with Gasteiger partial charge < -0.3 is 19.3 Å². The molecule has 0 fully saturated rings. The van der Waals surface area contributed by atoms with Crippen LogP contribution in [0.3, 0.4) is 0 Å². The first-order valence-corrected chi connectivity index (χ1v) is 9.83. The summed E-state index contributed by atoms with van der Waals surface area (Å²) in [5, 5.41) is 10.2. The number of thioether (sulfide) groups is 1. The van der Waals surface area contributed by atoms with Crippen LogP contribution in [-0.4, -0.2) is 40.5 Å². The summed E-state index contributed by atoms with van der Waals surface area (Å²) in [6.07, 6.45) is 1.82. The molecule has 3 rings (SSSR count). The number of amides is 1. The molecule has 0 aliphatic carbocycles. The van der Waals surface area contributed by atoms with Crippen LogP contribution in [0.25, 0.3) is 0 Å². The van der Waals surface area contributed by atoms with Crippen molar-refractivity contribution in [1.82, 2.24) is 9.55 Å². The Hall–Kier alpha value is -2.77. The molecule has 6 nitrogen and oxygen atoms in total. The van der Waals surface area contributed by atoms with Gasteiger partial charge in [-0.15, -0.1) is 0 Å². The number of carbonyl (C=O) groups excluding carboxylic acids is 1. The van der Waals surface area contributed by atoms with Gasteiger partial charge in [0.1, 0.15) is 5.75 Å². The summed E-state index contributed by atoms with van der Waals surface area (Å²) in [4.78, 5) is 18.6. The number of hydrogen-bond donors (Lipinski definition) is 1. The standard InChI is InChI=1S/C21H23N3O3S/c1-23(18-6-4-3-5-7-18)20(26)15-28-21-22-17(14-25)13-24(21)12-16-8-10-19(27-2)11-9-16/h3-11,13,25H,12,14-15H2,1-2H3. The van der Waals surface area contributed by atoms with Crippen LogP contribution in [0.2, 0.25) is 0 Å². The molecule has 0 aliphatic rings. The normalized spacial score (nSPS) is 10.7. The minimum Gasteiger partial charge on any atom is -0.497 e. The Bertz CT molecular complexity index is 910. The maximum absolute atomic E-state index is 12.5. The van der Waals surface area contributed by atoms with E-state index in [4.69, 9.17) is 4.74 Å². The van der Waals surface area contributed by atoms with Gasteiger partial charge in [-0.3, -0.25) is 4.79 Å². The van der Waals surface area contributed by atoms with Crippen LogP contribution in [0.15, 0.2) is 66.0 Å². The largest absolute Gasteiger partial charge is 0.497 e. The lowest BCUT2D eigenvalue weighted by Crippen LogP contribution is -2.27. The summed E-state index contributed by atoms with van der Waals surface area (Å²) in [5.41, 5.74) is 2.52. The second kappa shape index (κ2) is 9.43. The van der Waals surface area contributed by atoms with E-state index in [0.29, 0.717) is 17.4 Å². The Balaban J connectivity index is 1.69. The number of rotatable bonds is 8. The Labute approximate surface area is 168 Å². The zero-order valence-electron chi connectivity index (χ0n) is 15.9. The number of anilines is 1. The summed E-state index contributed by atoms with van der Waals surface area (Å²) in [5.74, 6) is 1.05. The average molecular weight is 398 g/mol. The summed E-state index contributed by atoms with van der Waals surface area (Å²) in [6, 6.07) is 17.3. The highest BCUT2D eigenvalue weighted by Crippen LogP contribution is 2.22. The molecular formula is C21H23N3O3S. The van der Waals surface area contributed by atoms with Crippen molar-refractivity contribution in [3.8, 4) is 5.75 Å². The van der Waals surface area contributed by atoms with Crippen LogP contribution in [0.4, 0.5) is 5.69 Å². The highest BCUT2D eigenvalue weighted by atomic mass is 32.2. The van der Waals surface area contributed by atoms with Gasteiger partial charge in [0.15, 0.2) is 5.16 Å². The maximum Gasteiger partial charge on any atom is 0.237 e. The van der Waals surface area contributed by atoms with E-state index >= 15 is 0 Å². The molecule has 1 heterocycles. The smallest absolute Gasteiger partial charge is 0.237 e. The van der Waals surface area contributed by atoms with Crippen LogP contribution in [0.5, 0.6) is 5.75 Å². The zero-order chi connectivity index (χ0) is 19.9. The third kappa shape index (κ3) is 4.94. The molecule has 0 saturated heterocycles. The van der Waals surface area contributed by atoms with E-state index in [1.807, 2.05) is 65.4 Å². The van der Waals surface area contributed by atoms with E-state index in [-0.39, 0.29) is 18.3 Å². The number of benzene rings is 2. The second-order valence-corrected chi connectivity index (χ2v) is 7.17. The molecule has 0 unspecified atom stereocenters. The third-order valence-corrected chi connectivity index (χ3v) is 5.28. The zero-order valence-corrected chi connectivity index (χ0v) is 16.7. The van der Waals surface area contributed by atoms with Crippen LogP contribution in [-0.2, 0) is 17.9 Å². The van der Waals surface area contributed by atoms with Crippen LogP contribution in [0, 0.1) is 0 Å². The Kier molecular flexibility index (Phi) is 6.73. The SMILES string of the molecule is COc1ccc(Cn2cc(CO)nc2SCC(=O)N(C)c2ccccc2)cc1. The molecule has 146 valence electrons. The molecule has 0 saturated carbocycles. The van der Waals surface area contributed by atoms with Crippen LogP contribution < -0.4 is 9.64 Å². The number of nitrogens with zero attached hydrogens (tertiary/aromatic N) is 3. The van der Waals surface area contributed by atoms with Gasteiger partial charge in [0.25, 0.3) is 0 Å². The number of methoxy groups -OCH3 is 1. The quantitative estimate of drug-likeness (QED) is 0.591. The summed E-state index contributed by atoms with van der Waals surface area (Å²) >= 11 is 1.37. The van der Waals surface area contributed by atoms with Gasteiger partial charge in [0.05, 0.1) is 25.2 Å². The first-order valence-electron chi connectivity index (χ1n) is 8.85. The fourth-order valence-corrected chi connectivity index (χ4v) is 3.61. The first kappa shape index (κ1) is 20.0. The minimum atomic E-state index is -0.138. The van der Waals surface area contributed by atoms with Gasteiger partial charge in [0, 0.05) is 25.5 Å². The lowest BCUT2D eigenvalue weighted by atomic mass is 10.2. The molecule has 2 aromatic carbocycles. The number of ether oxygens (including phenoxy) is 1.